The number of benzene rings is 3. The van der Waals surface area contributed by atoms with Crippen LogP contribution in [0, 0.1) is 5.82 Å². The molecule has 0 spiro atoms. The van der Waals surface area contributed by atoms with Crippen LogP contribution in [0.5, 0.6) is 5.75 Å². The maximum atomic E-state index is 13.8. The van der Waals surface area contributed by atoms with Crippen LogP contribution in [-0.2, 0) is 0 Å². The molecule has 6 nitrogen and oxygen atoms in total. The summed E-state index contributed by atoms with van der Waals surface area (Å²) in [5.74, 6) is -1.92. The van der Waals surface area contributed by atoms with E-state index in [0.717, 1.165) is 0 Å². The molecule has 3 N–H and O–H groups in total. The van der Waals surface area contributed by atoms with Crippen molar-refractivity contribution in [3.63, 3.8) is 0 Å². The lowest BCUT2D eigenvalue weighted by atomic mass is 10.1. The number of anilines is 1. The van der Waals surface area contributed by atoms with Crippen molar-refractivity contribution in [2.24, 2.45) is 5.10 Å². The second-order valence-corrected chi connectivity index (χ2v) is 7.23. The number of hydrogen-bond acceptors (Lipinski definition) is 4. The van der Waals surface area contributed by atoms with Crippen LogP contribution in [0.2, 0.25) is 0 Å². The minimum atomic E-state index is -0.609. The van der Waals surface area contributed by atoms with Gasteiger partial charge in [-0.3, -0.25) is 9.59 Å². The van der Waals surface area contributed by atoms with E-state index in [1.165, 1.54) is 30.3 Å². The Morgan fingerprint density at radius 2 is 1.73 bits per heavy atom. The lowest BCUT2D eigenvalue weighted by Crippen LogP contribution is -2.19. The number of nitrogens with one attached hydrogen (secondary N) is 2. The molecule has 3 rings (SSSR count). The van der Waals surface area contributed by atoms with E-state index in [1.54, 1.807) is 43.3 Å². The second kappa shape index (κ2) is 9.32. The summed E-state index contributed by atoms with van der Waals surface area (Å²) in [5, 5.41) is 16.5. The van der Waals surface area contributed by atoms with Crippen LogP contribution in [0.15, 0.2) is 76.3 Å². The minimum Gasteiger partial charge on any atom is -0.507 e. The molecule has 8 heteroatoms. The number of carbonyl (C=O) groups is 2. The Hall–Kier alpha value is -3.52. The first-order chi connectivity index (χ1) is 14.3. The Kier molecular flexibility index (Phi) is 6.58. The number of hydrazone groups is 1. The van der Waals surface area contributed by atoms with E-state index in [-0.39, 0.29) is 16.9 Å². The average molecular weight is 470 g/mol. The van der Waals surface area contributed by atoms with Gasteiger partial charge in [0.15, 0.2) is 0 Å². The molecule has 2 amide bonds. The molecule has 0 atom stereocenters. The average Bonchev–Trinajstić information content (AvgIpc) is 2.74. The number of hydrogen-bond donors (Lipinski definition) is 3. The molecule has 0 fully saturated rings. The molecule has 0 aliphatic rings. The summed E-state index contributed by atoms with van der Waals surface area (Å²) >= 11 is 3.25. The zero-order chi connectivity index (χ0) is 21.7. The van der Waals surface area contributed by atoms with Crippen molar-refractivity contribution < 1.29 is 19.1 Å². The maximum absolute atomic E-state index is 13.8. The fourth-order valence-corrected chi connectivity index (χ4v) is 2.98. The summed E-state index contributed by atoms with van der Waals surface area (Å²) in [6.07, 6.45) is 0. The van der Waals surface area contributed by atoms with Gasteiger partial charge in [-0.2, -0.15) is 5.10 Å². The van der Waals surface area contributed by atoms with Crippen LogP contribution in [-0.4, -0.2) is 22.6 Å². The van der Waals surface area contributed by atoms with Crippen LogP contribution in [0.25, 0.3) is 0 Å². The summed E-state index contributed by atoms with van der Waals surface area (Å²) in [7, 11) is 0. The highest BCUT2D eigenvalue weighted by Crippen LogP contribution is 2.21. The molecular formula is C22H17BrFN3O3. The summed E-state index contributed by atoms with van der Waals surface area (Å²) in [4.78, 5) is 24.5. The van der Waals surface area contributed by atoms with Crippen molar-refractivity contribution in [1.82, 2.24) is 5.43 Å². The topological polar surface area (TPSA) is 90.8 Å². The first kappa shape index (κ1) is 21.2. The smallest absolute Gasteiger partial charge is 0.275 e. The number of nitrogens with zero attached hydrogens (tertiary/aromatic N) is 1. The largest absolute Gasteiger partial charge is 0.507 e. The van der Waals surface area contributed by atoms with E-state index in [0.29, 0.717) is 21.4 Å². The molecule has 0 aromatic heterocycles. The monoisotopic (exact) mass is 469 g/mol. The molecule has 0 aliphatic heterocycles. The van der Waals surface area contributed by atoms with E-state index in [2.05, 4.69) is 31.8 Å². The van der Waals surface area contributed by atoms with Gasteiger partial charge in [-0.05, 0) is 55.0 Å². The summed E-state index contributed by atoms with van der Waals surface area (Å²) in [6, 6.07) is 17.0. The third-order valence-corrected chi connectivity index (χ3v) is 4.68. The first-order valence-electron chi connectivity index (χ1n) is 8.84. The van der Waals surface area contributed by atoms with Gasteiger partial charge in [0.2, 0.25) is 0 Å². The molecule has 0 heterocycles. The lowest BCUT2D eigenvalue weighted by Gasteiger charge is -2.09. The molecule has 152 valence electrons. The molecule has 0 saturated heterocycles. The van der Waals surface area contributed by atoms with E-state index >= 15 is 0 Å². The van der Waals surface area contributed by atoms with Gasteiger partial charge in [-0.1, -0.05) is 40.2 Å². The molecular weight excluding hydrogens is 453 g/mol. The highest BCUT2D eigenvalue weighted by atomic mass is 79.9. The Morgan fingerprint density at radius 3 is 2.50 bits per heavy atom. The predicted molar refractivity (Wildman–Crippen MR) is 116 cm³/mol. The van der Waals surface area contributed by atoms with E-state index in [4.69, 9.17) is 0 Å². The SMILES string of the molecule is C/C(=N/NC(=O)c1cc(Br)ccc1O)c1cccc(NC(=O)c2ccccc2F)c1. The Labute approximate surface area is 180 Å². The van der Waals surface area contributed by atoms with Crippen molar-refractivity contribution in [1.29, 1.82) is 0 Å². The number of halogens is 2. The number of amides is 2. The van der Waals surface area contributed by atoms with Gasteiger partial charge in [-0.25, -0.2) is 9.82 Å². The summed E-state index contributed by atoms with van der Waals surface area (Å²) in [6.45, 7) is 1.68. The number of rotatable bonds is 5. The maximum Gasteiger partial charge on any atom is 0.275 e. The molecule has 0 bridgehead atoms. The van der Waals surface area contributed by atoms with Gasteiger partial charge in [-0.15, -0.1) is 0 Å². The van der Waals surface area contributed by atoms with Gasteiger partial charge in [0, 0.05) is 10.2 Å². The van der Waals surface area contributed by atoms with Crippen LogP contribution < -0.4 is 10.7 Å². The molecule has 3 aromatic carbocycles. The van der Waals surface area contributed by atoms with E-state index in [9.17, 15) is 19.1 Å². The quantitative estimate of drug-likeness (QED) is 0.373. The predicted octanol–water partition coefficient (Wildman–Crippen LogP) is 4.70. The zero-order valence-corrected chi connectivity index (χ0v) is 17.4. The third-order valence-electron chi connectivity index (χ3n) is 4.19. The normalized spacial score (nSPS) is 11.1. The fourth-order valence-electron chi connectivity index (χ4n) is 2.62. The molecule has 3 aromatic rings. The number of aromatic hydroxyl groups is 1. The second-order valence-electron chi connectivity index (χ2n) is 6.31. The van der Waals surface area contributed by atoms with Crippen molar-refractivity contribution in [2.75, 3.05) is 5.32 Å². The lowest BCUT2D eigenvalue weighted by molar-refractivity contribution is 0.0951. The Morgan fingerprint density at radius 1 is 0.967 bits per heavy atom. The molecule has 0 unspecified atom stereocenters. The molecule has 0 saturated carbocycles. The first-order valence-corrected chi connectivity index (χ1v) is 9.64. The Balaban J connectivity index is 1.73. The summed E-state index contributed by atoms with van der Waals surface area (Å²) in [5.41, 5.74) is 3.97. The van der Waals surface area contributed by atoms with Crippen molar-refractivity contribution in [3.8, 4) is 5.75 Å². The van der Waals surface area contributed by atoms with E-state index < -0.39 is 17.6 Å². The Bertz CT molecular complexity index is 1150. The van der Waals surface area contributed by atoms with Crippen molar-refractivity contribution in [2.45, 2.75) is 6.92 Å². The third kappa shape index (κ3) is 5.09. The minimum absolute atomic E-state index is 0.0608. The van der Waals surface area contributed by atoms with Gasteiger partial charge >= 0.3 is 0 Å². The standard InChI is InChI=1S/C22H17BrFN3O3/c1-13(26-27-22(30)18-12-15(23)9-10-20(18)28)14-5-4-6-16(11-14)25-21(29)17-7-2-3-8-19(17)24/h2-12,28H,1H3,(H,25,29)(H,27,30)/b26-13-. The van der Waals surface area contributed by atoms with E-state index in [1.807, 2.05) is 0 Å². The number of phenols is 1. The van der Waals surface area contributed by atoms with Gasteiger partial charge in [0.25, 0.3) is 11.8 Å². The van der Waals surface area contributed by atoms with Gasteiger partial charge < -0.3 is 10.4 Å². The highest BCUT2D eigenvalue weighted by molar-refractivity contribution is 9.10. The van der Waals surface area contributed by atoms with Gasteiger partial charge in [0.1, 0.15) is 11.6 Å². The van der Waals surface area contributed by atoms with Crippen LogP contribution >= 0.6 is 15.9 Å². The van der Waals surface area contributed by atoms with Crippen LogP contribution in [0.3, 0.4) is 0 Å². The van der Waals surface area contributed by atoms with Crippen LogP contribution in [0.1, 0.15) is 33.2 Å². The van der Waals surface area contributed by atoms with Crippen molar-refractivity contribution in [3.05, 3.63) is 93.7 Å². The molecule has 0 radical (unpaired) electrons. The van der Waals surface area contributed by atoms with Crippen LogP contribution in [0.4, 0.5) is 10.1 Å². The van der Waals surface area contributed by atoms with Crippen molar-refractivity contribution >= 4 is 39.1 Å². The summed E-state index contributed by atoms with van der Waals surface area (Å²) < 4.78 is 14.4. The molecule has 0 aliphatic carbocycles. The number of phenolic OH excluding ortho intramolecular Hbond substituents is 1. The highest BCUT2D eigenvalue weighted by Gasteiger charge is 2.13. The fraction of sp³-hybridized carbons (Fsp3) is 0.0455. The molecule has 30 heavy (non-hydrogen) atoms. The van der Waals surface area contributed by atoms with Gasteiger partial charge in [0.05, 0.1) is 16.8 Å². The number of carbonyl (C=O) groups excluding carboxylic acids is 2. The zero-order valence-electron chi connectivity index (χ0n) is 15.8.